The maximum atomic E-state index is 6.52. The molecule has 4 aromatic carbocycles. The van der Waals surface area contributed by atoms with E-state index in [1.165, 1.54) is 33.2 Å². The molecule has 9 aromatic rings. The summed E-state index contributed by atoms with van der Waals surface area (Å²) in [7, 11) is 0. The van der Waals surface area contributed by atoms with Crippen molar-refractivity contribution in [3.8, 4) is 22.6 Å². The Bertz CT molecular complexity index is 2600. The molecule has 0 spiro atoms. The normalized spacial score (nSPS) is 12.0. The maximum Gasteiger partial charge on any atom is 0.146 e. The van der Waals surface area contributed by atoms with E-state index in [4.69, 9.17) is 9.72 Å². The molecule has 6 heteroatoms. The first-order chi connectivity index (χ1) is 21.5. The van der Waals surface area contributed by atoms with Crippen LogP contribution in [0.2, 0.25) is 0 Å². The molecule has 0 saturated carbocycles. The largest absolute Gasteiger partial charge is 0.457 e. The molecule has 0 unspecified atom stereocenters. The van der Waals surface area contributed by atoms with Crippen LogP contribution in [-0.4, -0.2) is 23.8 Å². The first-order valence-electron chi connectivity index (χ1n) is 14.8. The van der Waals surface area contributed by atoms with E-state index in [1.54, 1.807) is 0 Å². The summed E-state index contributed by atoms with van der Waals surface area (Å²) in [6, 6.07) is 27.8. The van der Waals surface area contributed by atoms with Gasteiger partial charge in [-0.2, -0.15) is 0 Å². The number of rotatable bonds is 3. The van der Waals surface area contributed by atoms with Crippen molar-refractivity contribution in [2.24, 2.45) is 0 Å². The van der Waals surface area contributed by atoms with Gasteiger partial charge in [0.15, 0.2) is 0 Å². The number of ether oxygens (including phenoxy) is 1. The Morgan fingerprint density at radius 1 is 0.523 bits per heavy atom. The van der Waals surface area contributed by atoms with E-state index in [1.807, 2.05) is 47.5 Å². The third-order valence-electron chi connectivity index (χ3n) is 8.80. The van der Waals surface area contributed by atoms with Crippen LogP contribution in [0.3, 0.4) is 0 Å². The van der Waals surface area contributed by atoms with E-state index in [0.717, 1.165) is 60.9 Å². The Balaban J connectivity index is 1.20. The van der Waals surface area contributed by atoms with Crippen molar-refractivity contribution in [3.05, 3.63) is 127 Å². The summed E-state index contributed by atoms with van der Waals surface area (Å²) >= 11 is 0. The lowest BCUT2D eigenvalue weighted by atomic mass is 9.92. The zero-order valence-electron chi connectivity index (χ0n) is 24.5. The van der Waals surface area contributed by atoms with Gasteiger partial charge in [0.1, 0.15) is 28.4 Å². The van der Waals surface area contributed by atoms with Crippen LogP contribution < -0.4 is 4.74 Å². The van der Waals surface area contributed by atoms with Gasteiger partial charge in [-0.1, -0.05) is 23.8 Å². The van der Waals surface area contributed by atoms with Crippen molar-refractivity contribution < 1.29 is 4.74 Å². The van der Waals surface area contributed by atoms with Crippen LogP contribution in [0.5, 0.6) is 11.5 Å². The van der Waals surface area contributed by atoms with Gasteiger partial charge in [0, 0.05) is 52.5 Å². The fourth-order valence-corrected chi connectivity index (χ4v) is 7.07. The van der Waals surface area contributed by atoms with Gasteiger partial charge >= 0.3 is 0 Å². The summed E-state index contributed by atoms with van der Waals surface area (Å²) < 4.78 is 10.7. The topological polar surface area (TPSA) is 56.7 Å². The first kappa shape index (κ1) is 24.8. The van der Waals surface area contributed by atoms with E-state index in [9.17, 15) is 0 Å². The molecule has 5 heterocycles. The molecule has 44 heavy (non-hydrogen) atoms. The van der Waals surface area contributed by atoms with Crippen molar-refractivity contribution in [3.63, 3.8) is 0 Å². The fraction of sp³-hybridized carbons (Fsp3) is 0.0789. The summed E-state index contributed by atoms with van der Waals surface area (Å²) in [6.45, 7) is 6.55. The van der Waals surface area contributed by atoms with Crippen LogP contribution in [0, 0.1) is 20.8 Å². The van der Waals surface area contributed by atoms with Crippen LogP contribution in [-0.2, 0) is 0 Å². The minimum Gasteiger partial charge on any atom is -0.457 e. The van der Waals surface area contributed by atoms with Crippen molar-refractivity contribution in [1.29, 1.82) is 0 Å². The van der Waals surface area contributed by atoms with Crippen molar-refractivity contribution in [2.45, 2.75) is 20.8 Å². The second kappa shape index (κ2) is 9.12. The average molecular weight is 570 g/mol. The lowest BCUT2D eigenvalue weighted by Crippen LogP contribution is -1.95. The van der Waals surface area contributed by atoms with Gasteiger partial charge in [0.2, 0.25) is 0 Å². The number of hydrogen-bond acceptors (Lipinski definition) is 4. The molecule has 210 valence electrons. The molecule has 9 rings (SSSR count). The highest BCUT2D eigenvalue weighted by Crippen LogP contribution is 2.38. The Labute approximate surface area is 252 Å². The average Bonchev–Trinajstić information content (AvgIpc) is 3.72. The zero-order chi connectivity index (χ0) is 29.5. The molecule has 0 fully saturated rings. The second-order valence-corrected chi connectivity index (χ2v) is 11.6. The van der Waals surface area contributed by atoms with Gasteiger partial charge in [0.05, 0.1) is 5.52 Å². The number of pyridine rings is 3. The molecular formula is C38H27N5O. The molecule has 0 aliphatic carbocycles. The lowest BCUT2D eigenvalue weighted by molar-refractivity contribution is 0.484. The Kier molecular flexibility index (Phi) is 5.14. The summed E-state index contributed by atoms with van der Waals surface area (Å²) in [5.41, 5.74) is 10.2. The van der Waals surface area contributed by atoms with Gasteiger partial charge in [-0.15, -0.1) is 0 Å². The number of hydrogen-bond donors (Lipinski definition) is 0. The number of benzene rings is 4. The van der Waals surface area contributed by atoms with Gasteiger partial charge < -0.3 is 4.74 Å². The predicted molar refractivity (Wildman–Crippen MR) is 178 cm³/mol. The fourth-order valence-electron chi connectivity index (χ4n) is 7.07. The maximum absolute atomic E-state index is 6.52. The standard InChI is InChI=1S/C38H27N5O/c1-22-17-23(2)35(24(3)18-22)25-6-11-34-31(19-25)29-10-8-27(21-33(29)37-40-13-15-42(34)37)44-26-7-9-28-30-5-4-12-39-36(30)43-16-14-41-38(43)32(28)20-26/h4-21H,1-3H3. The predicted octanol–water partition coefficient (Wildman–Crippen LogP) is 9.37. The molecule has 5 aromatic heterocycles. The smallest absolute Gasteiger partial charge is 0.146 e. The van der Waals surface area contributed by atoms with Crippen LogP contribution in [0.1, 0.15) is 16.7 Å². The van der Waals surface area contributed by atoms with Gasteiger partial charge in [-0.25, -0.2) is 15.0 Å². The molecule has 0 amide bonds. The minimum atomic E-state index is 0.748. The summed E-state index contributed by atoms with van der Waals surface area (Å²) in [4.78, 5) is 14.0. The Morgan fingerprint density at radius 3 is 1.86 bits per heavy atom. The SMILES string of the molecule is Cc1cc(C)c(-c2ccc3c(c2)c2ccc(Oc4ccc5c6cccnc6n6ccnc6c5c4)cc2c2nccn32)c(C)c1. The quantitative estimate of drug-likeness (QED) is 0.199. The Morgan fingerprint density at radius 2 is 1.14 bits per heavy atom. The van der Waals surface area contributed by atoms with Crippen LogP contribution in [0.15, 0.2) is 110 Å². The minimum absolute atomic E-state index is 0.748. The molecule has 0 N–H and O–H groups in total. The van der Waals surface area contributed by atoms with E-state index < -0.39 is 0 Å². The lowest BCUT2D eigenvalue weighted by Gasteiger charge is -2.15. The number of imidazole rings is 2. The number of fused-ring (bicyclic) bond motifs is 12. The van der Waals surface area contributed by atoms with Gasteiger partial charge in [-0.3, -0.25) is 8.80 Å². The van der Waals surface area contributed by atoms with Gasteiger partial charge in [0.25, 0.3) is 0 Å². The number of aromatic nitrogens is 5. The molecule has 0 saturated heterocycles. The third-order valence-corrected chi connectivity index (χ3v) is 8.80. The monoisotopic (exact) mass is 569 g/mol. The summed E-state index contributed by atoms with van der Waals surface area (Å²) in [5, 5.41) is 6.56. The number of nitrogens with zero attached hydrogens (tertiary/aromatic N) is 5. The molecular weight excluding hydrogens is 542 g/mol. The second-order valence-electron chi connectivity index (χ2n) is 11.6. The molecule has 0 atom stereocenters. The van der Waals surface area contributed by atoms with Crippen molar-refractivity contribution in [2.75, 3.05) is 0 Å². The van der Waals surface area contributed by atoms with E-state index in [2.05, 4.69) is 102 Å². The first-order valence-corrected chi connectivity index (χ1v) is 14.8. The highest BCUT2D eigenvalue weighted by molar-refractivity contribution is 6.13. The molecule has 0 bridgehead atoms. The Hall–Kier alpha value is -5.75. The van der Waals surface area contributed by atoms with Gasteiger partial charge in [-0.05, 0) is 114 Å². The summed E-state index contributed by atoms with van der Waals surface area (Å²) in [6.07, 6.45) is 9.48. The van der Waals surface area contributed by atoms with Crippen LogP contribution in [0.25, 0.3) is 65.9 Å². The van der Waals surface area contributed by atoms with Crippen molar-refractivity contribution >= 4 is 54.8 Å². The highest BCUT2D eigenvalue weighted by atomic mass is 16.5. The van der Waals surface area contributed by atoms with E-state index >= 15 is 0 Å². The zero-order valence-corrected chi connectivity index (χ0v) is 24.5. The highest BCUT2D eigenvalue weighted by Gasteiger charge is 2.15. The van der Waals surface area contributed by atoms with E-state index in [0.29, 0.717) is 0 Å². The van der Waals surface area contributed by atoms with Crippen molar-refractivity contribution in [1.82, 2.24) is 23.8 Å². The van der Waals surface area contributed by atoms with Crippen LogP contribution in [0.4, 0.5) is 0 Å². The van der Waals surface area contributed by atoms with E-state index in [-0.39, 0.29) is 0 Å². The number of aryl methyl sites for hydroxylation is 3. The third kappa shape index (κ3) is 3.57. The molecule has 0 radical (unpaired) electrons. The molecule has 6 nitrogen and oxygen atoms in total. The molecule has 0 aliphatic rings. The molecule has 0 aliphatic heterocycles. The summed E-state index contributed by atoms with van der Waals surface area (Å²) in [5.74, 6) is 1.50. The van der Waals surface area contributed by atoms with Crippen LogP contribution >= 0.6 is 0 Å².